The molecule has 98 valence electrons. The van der Waals surface area contributed by atoms with Gasteiger partial charge in [-0.15, -0.1) is 0 Å². The second-order valence-electron chi connectivity index (χ2n) is 3.82. The number of hydrogen-bond acceptors (Lipinski definition) is 2. The Hall–Kier alpha value is -1.56. The molecule has 0 aliphatic carbocycles. The molecule has 0 atom stereocenters. The Morgan fingerprint density at radius 2 is 2.06 bits per heavy atom. The molecule has 18 heavy (non-hydrogen) atoms. The van der Waals surface area contributed by atoms with Gasteiger partial charge >= 0.3 is 12.0 Å². The summed E-state index contributed by atoms with van der Waals surface area (Å²) in [6.07, 6.45) is -0.0748. The Morgan fingerprint density at radius 3 is 2.67 bits per heavy atom. The van der Waals surface area contributed by atoms with Gasteiger partial charge in [0.2, 0.25) is 0 Å². The third-order valence-electron chi connectivity index (χ3n) is 2.33. The highest BCUT2D eigenvalue weighted by molar-refractivity contribution is 9.10. The Kier molecular flexibility index (Phi) is 5.64. The number of halogens is 1. The number of carbonyl (C=O) groups excluding carboxylic acids is 1. The molecule has 0 spiro atoms. The number of urea groups is 1. The van der Waals surface area contributed by atoms with Crippen LogP contribution >= 0.6 is 15.9 Å². The summed E-state index contributed by atoms with van der Waals surface area (Å²) in [5.74, 6) is -0.927. The van der Waals surface area contributed by atoms with Crippen LogP contribution in [-0.2, 0) is 11.3 Å². The maximum Gasteiger partial charge on any atom is 0.317 e. The van der Waals surface area contributed by atoms with Gasteiger partial charge in [0.15, 0.2) is 0 Å². The number of amides is 2. The highest BCUT2D eigenvalue weighted by atomic mass is 79.9. The fourth-order valence-electron chi connectivity index (χ4n) is 1.37. The molecule has 1 aromatic rings. The van der Waals surface area contributed by atoms with Crippen molar-refractivity contribution < 1.29 is 14.7 Å². The van der Waals surface area contributed by atoms with Crippen molar-refractivity contribution >= 4 is 27.9 Å². The van der Waals surface area contributed by atoms with Crippen LogP contribution in [0, 0.1) is 0 Å². The molecule has 0 saturated carbocycles. The van der Waals surface area contributed by atoms with Gasteiger partial charge in [0.05, 0.1) is 6.42 Å². The van der Waals surface area contributed by atoms with Gasteiger partial charge < -0.3 is 15.3 Å². The van der Waals surface area contributed by atoms with Crippen molar-refractivity contribution in [2.75, 3.05) is 13.6 Å². The minimum absolute atomic E-state index is 0.0748. The molecule has 1 aromatic carbocycles. The summed E-state index contributed by atoms with van der Waals surface area (Å²) in [5.41, 5.74) is 0.994. The van der Waals surface area contributed by atoms with Crippen LogP contribution in [0.5, 0.6) is 0 Å². The number of benzene rings is 1. The molecule has 2 N–H and O–H groups in total. The van der Waals surface area contributed by atoms with Crippen LogP contribution < -0.4 is 5.32 Å². The van der Waals surface area contributed by atoms with E-state index in [4.69, 9.17) is 5.11 Å². The summed E-state index contributed by atoms with van der Waals surface area (Å²) in [4.78, 5) is 23.5. The van der Waals surface area contributed by atoms with Gasteiger partial charge in [-0.2, -0.15) is 0 Å². The average molecular weight is 315 g/mol. The number of hydrogen-bond donors (Lipinski definition) is 2. The van der Waals surface area contributed by atoms with E-state index in [-0.39, 0.29) is 19.0 Å². The lowest BCUT2D eigenvalue weighted by Gasteiger charge is -2.18. The van der Waals surface area contributed by atoms with E-state index in [1.165, 1.54) is 4.90 Å². The molecule has 0 fully saturated rings. The van der Waals surface area contributed by atoms with Gasteiger partial charge in [-0.25, -0.2) is 4.79 Å². The fraction of sp³-hybridized carbons (Fsp3) is 0.333. The summed E-state index contributed by atoms with van der Waals surface area (Å²) >= 11 is 3.41. The van der Waals surface area contributed by atoms with Crippen LogP contribution in [0.25, 0.3) is 0 Å². The molecule has 5 nitrogen and oxygen atoms in total. The highest BCUT2D eigenvalue weighted by Crippen LogP contribution is 2.17. The molecule has 0 aromatic heterocycles. The van der Waals surface area contributed by atoms with E-state index < -0.39 is 5.97 Å². The van der Waals surface area contributed by atoms with Gasteiger partial charge in [-0.1, -0.05) is 34.1 Å². The van der Waals surface area contributed by atoms with Gasteiger partial charge in [-0.05, 0) is 11.6 Å². The second kappa shape index (κ2) is 7.00. The molecule has 0 heterocycles. The number of rotatable bonds is 5. The Balaban J connectivity index is 2.45. The summed E-state index contributed by atoms with van der Waals surface area (Å²) in [6.45, 7) is 0.592. The lowest BCUT2D eigenvalue weighted by molar-refractivity contribution is -0.136. The molecule has 0 bridgehead atoms. The van der Waals surface area contributed by atoms with Crippen LogP contribution in [0.4, 0.5) is 4.79 Å². The quantitative estimate of drug-likeness (QED) is 0.874. The zero-order valence-electron chi connectivity index (χ0n) is 10.0. The second-order valence-corrected chi connectivity index (χ2v) is 4.68. The zero-order chi connectivity index (χ0) is 13.5. The van der Waals surface area contributed by atoms with E-state index in [1.807, 2.05) is 24.3 Å². The van der Waals surface area contributed by atoms with Crippen LogP contribution in [0.3, 0.4) is 0 Å². The largest absolute Gasteiger partial charge is 0.481 e. The molecule has 6 heteroatoms. The molecular formula is C12H15BrN2O3. The first kappa shape index (κ1) is 14.5. The number of aliphatic carboxylic acids is 1. The monoisotopic (exact) mass is 314 g/mol. The standard InChI is InChI=1S/C12H15BrN2O3/c1-15(12(18)14-7-6-11(16)17)8-9-4-2-3-5-10(9)13/h2-5H,6-8H2,1H3,(H,14,18)(H,16,17). The minimum Gasteiger partial charge on any atom is -0.481 e. The van der Waals surface area contributed by atoms with Crippen molar-refractivity contribution in [3.05, 3.63) is 34.3 Å². The smallest absolute Gasteiger partial charge is 0.317 e. The molecule has 0 radical (unpaired) electrons. The molecule has 1 rings (SSSR count). The molecular weight excluding hydrogens is 300 g/mol. The maximum absolute atomic E-state index is 11.6. The SMILES string of the molecule is CN(Cc1ccccc1Br)C(=O)NCCC(=O)O. The number of nitrogens with one attached hydrogen (secondary N) is 1. The first-order chi connectivity index (χ1) is 8.50. The van der Waals surface area contributed by atoms with Crippen molar-refractivity contribution in [3.63, 3.8) is 0 Å². The average Bonchev–Trinajstić information content (AvgIpc) is 2.31. The van der Waals surface area contributed by atoms with Crippen LogP contribution in [-0.4, -0.2) is 35.6 Å². The Bertz CT molecular complexity index is 437. The van der Waals surface area contributed by atoms with Crippen molar-refractivity contribution in [1.29, 1.82) is 0 Å². The van der Waals surface area contributed by atoms with Crippen LogP contribution in [0.1, 0.15) is 12.0 Å². The van der Waals surface area contributed by atoms with Crippen molar-refractivity contribution in [1.82, 2.24) is 10.2 Å². The van der Waals surface area contributed by atoms with Crippen molar-refractivity contribution in [2.24, 2.45) is 0 Å². The van der Waals surface area contributed by atoms with E-state index in [1.54, 1.807) is 7.05 Å². The van der Waals surface area contributed by atoms with E-state index in [2.05, 4.69) is 21.2 Å². The Morgan fingerprint density at radius 1 is 1.39 bits per heavy atom. The molecule has 2 amide bonds. The number of nitrogens with zero attached hydrogens (tertiary/aromatic N) is 1. The number of carbonyl (C=O) groups is 2. The highest BCUT2D eigenvalue weighted by Gasteiger charge is 2.10. The first-order valence-corrected chi connectivity index (χ1v) is 6.24. The number of carboxylic acid groups (broad SMARTS) is 1. The third-order valence-corrected chi connectivity index (χ3v) is 3.10. The molecule has 0 unspecified atom stereocenters. The van der Waals surface area contributed by atoms with E-state index in [0.29, 0.717) is 6.54 Å². The van der Waals surface area contributed by atoms with E-state index in [0.717, 1.165) is 10.0 Å². The minimum atomic E-state index is -0.927. The topological polar surface area (TPSA) is 69.6 Å². The molecule has 0 aliphatic rings. The Labute approximate surface area is 114 Å². The fourth-order valence-corrected chi connectivity index (χ4v) is 1.78. The normalized spacial score (nSPS) is 9.89. The summed E-state index contributed by atoms with van der Waals surface area (Å²) in [7, 11) is 1.66. The lowest BCUT2D eigenvalue weighted by Crippen LogP contribution is -2.37. The van der Waals surface area contributed by atoms with E-state index >= 15 is 0 Å². The van der Waals surface area contributed by atoms with Gasteiger partial charge in [0, 0.05) is 24.6 Å². The summed E-state index contributed by atoms with van der Waals surface area (Å²) in [5, 5.41) is 11.0. The van der Waals surface area contributed by atoms with Crippen molar-refractivity contribution in [3.8, 4) is 0 Å². The lowest BCUT2D eigenvalue weighted by atomic mass is 10.2. The molecule has 0 saturated heterocycles. The van der Waals surface area contributed by atoms with Gasteiger partial charge in [-0.3, -0.25) is 4.79 Å². The van der Waals surface area contributed by atoms with Crippen LogP contribution in [0.15, 0.2) is 28.7 Å². The van der Waals surface area contributed by atoms with Gasteiger partial charge in [0.1, 0.15) is 0 Å². The third kappa shape index (κ3) is 4.75. The van der Waals surface area contributed by atoms with Crippen molar-refractivity contribution in [2.45, 2.75) is 13.0 Å². The van der Waals surface area contributed by atoms with E-state index in [9.17, 15) is 9.59 Å². The summed E-state index contributed by atoms with van der Waals surface area (Å²) < 4.78 is 0.940. The van der Waals surface area contributed by atoms with Gasteiger partial charge in [0.25, 0.3) is 0 Å². The molecule has 0 aliphatic heterocycles. The predicted molar refractivity (Wildman–Crippen MR) is 71.3 cm³/mol. The first-order valence-electron chi connectivity index (χ1n) is 5.45. The number of carboxylic acids is 1. The van der Waals surface area contributed by atoms with Crippen LogP contribution in [0.2, 0.25) is 0 Å². The predicted octanol–water partition coefficient (Wildman–Crippen LogP) is 2.07. The zero-order valence-corrected chi connectivity index (χ0v) is 11.6. The summed E-state index contributed by atoms with van der Waals surface area (Å²) in [6, 6.07) is 7.35. The maximum atomic E-state index is 11.6.